The van der Waals surface area contributed by atoms with Gasteiger partial charge >= 0.3 is 0 Å². The summed E-state index contributed by atoms with van der Waals surface area (Å²) in [5, 5.41) is 3.23. The van der Waals surface area contributed by atoms with Crippen LogP contribution in [0, 0.1) is 6.92 Å². The Labute approximate surface area is 190 Å². The first-order valence-corrected chi connectivity index (χ1v) is 12.6. The predicted octanol–water partition coefficient (Wildman–Crippen LogP) is 1.88. The van der Waals surface area contributed by atoms with Gasteiger partial charge in [-0.15, -0.1) is 11.3 Å². The van der Waals surface area contributed by atoms with Gasteiger partial charge in [0.2, 0.25) is 10.0 Å². The second-order valence-corrected chi connectivity index (χ2v) is 10.7. The summed E-state index contributed by atoms with van der Waals surface area (Å²) in [6, 6.07) is 6.17. The summed E-state index contributed by atoms with van der Waals surface area (Å²) in [5.41, 5.74) is 0.862. The number of anilines is 1. The predicted molar refractivity (Wildman–Crippen MR) is 125 cm³/mol. The SMILES string of the molecule is CCN1CCN(S(=O)(=O)c2ccc(NC(=O)c3sc4ncn(C)c(=O)c4c3C)cc2)CC1. The molecule has 170 valence electrons. The van der Waals surface area contributed by atoms with Gasteiger partial charge in [-0.25, -0.2) is 13.4 Å². The zero-order valence-electron chi connectivity index (χ0n) is 18.2. The van der Waals surface area contributed by atoms with Gasteiger partial charge in [-0.2, -0.15) is 4.31 Å². The Morgan fingerprint density at radius 3 is 2.44 bits per heavy atom. The monoisotopic (exact) mass is 475 g/mol. The maximum atomic E-state index is 12.9. The zero-order valence-corrected chi connectivity index (χ0v) is 19.8. The van der Waals surface area contributed by atoms with Crippen LogP contribution in [-0.2, 0) is 17.1 Å². The first kappa shape index (κ1) is 22.6. The highest BCUT2D eigenvalue weighted by Crippen LogP contribution is 2.28. The van der Waals surface area contributed by atoms with Crippen molar-refractivity contribution in [1.29, 1.82) is 0 Å². The van der Waals surface area contributed by atoms with Crippen LogP contribution in [0.3, 0.4) is 0 Å². The van der Waals surface area contributed by atoms with Crippen molar-refractivity contribution < 1.29 is 13.2 Å². The zero-order chi connectivity index (χ0) is 23.0. The van der Waals surface area contributed by atoms with Crippen molar-refractivity contribution in [1.82, 2.24) is 18.8 Å². The van der Waals surface area contributed by atoms with Crippen LogP contribution in [0.15, 0.2) is 40.3 Å². The number of aromatic nitrogens is 2. The number of hydrogen-bond acceptors (Lipinski definition) is 7. The van der Waals surface area contributed by atoms with Crippen molar-refractivity contribution in [2.75, 3.05) is 38.0 Å². The number of carbonyl (C=O) groups is 1. The van der Waals surface area contributed by atoms with Crippen LogP contribution in [0.4, 0.5) is 5.69 Å². The highest BCUT2D eigenvalue weighted by atomic mass is 32.2. The average molecular weight is 476 g/mol. The van der Waals surface area contributed by atoms with Gasteiger partial charge in [0.05, 0.1) is 21.5 Å². The Balaban J connectivity index is 1.51. The van der Waals surface area contributed by atoms with Crippen LogP contribution < -0.4 is 10.9 Å². The summed E-state index contributed by atoms with van der Waals surface area (Å²) in [7, 11) is -1.96. The lowest BCUT2D eigenvalue weighted by Crippen LogP contribution is -2.48. The summed E-state index contributed by atoms with van der Waals surface area (Å²) in [5.74, 6) is -0.362. The molecule has 2 aromatic heterocycles. The molecule has 0 saturated carbocycles. The van der Waals surface area contributed by atoms with Crippen molar-refractivity contribution in [2.24, 2.45) is 7.05 Å². The van der Waals surface area contributed by atoms with E-state index in [0.717, 1.165) is 31.0 Å². The first-order chi connectivity index (χ1) is 15.2. The molecule has 1 aliphatic heterocycles. The lowest BCUT2D eigenvalue weighted by molar-refractivity contribution is 0.103. The molecule has 1 aromatic carbocycles. The number of fused-ring (bicyclic) bond motifs is 1. The highest BCUT2D eigenvalue weighted by molar-refractivity contribution is 7.89. The largest absolute Gasteiger partial charge is 0.321 e. The number of piperazine rings is 1. The van der Waals surface area contributed by atoms with Crippen LogP contribution in [0.1, 0.15) is 22.2 Å². The number of aryl methyl sites for hydroxylation is 2. The topological polar surface area (TPSA) is 105 Å². The number of likely N-dealkylation sites (N-methyl/N-ethyl adjacent to an activating group) is 1. The van der Waals surface area contributed by atoms with E-state index in [2.05, 4.69) is 22.1 Å². The fourth-order valence-corrected chi connectivity index (χ4v) is 6.22. The second-order valence-electron chi connectivity index (χ2n) is 7.71. The van der Waals surface area contributed by atoms with Gasteiger partial charge in [0.1, 0.15) is 4.83 Å². The maximum absolute atomic E-state index is 12.9. The standard InChI is InChI=1S/C21H25N5O4S2/c1-4-25-9-11-26(12-10-25)32(29,30)16-7-5-15(6-8-16)23-19(27)18-14(2)17-20(31-18)22-13-24(3)21(17)28/h5-8,13H,4,9-12H2,1-3H3,(H,23,27). The molecule has 0 unspecified atom stereocenters. The number of sulfonamides is 1. The van der Waals surface area contributed by atoms with E-state index in [-0.39, 0.29) is 16.4 Å². The minimum absolute atomic E-state index is 0.197. The lowest BCUT2D eigenvalue weighted by Gasteiger charge is -2.33. The second kappa shape index (κ2) is 8.74. The van der Waals surface area contributed by atoms with E-state index >= 15 is 0 Å². The molecule has 0 radical (unpaired) electrons. The number of nitrogens with one attached hydrogen (secondary N) is 1. The van der Waals surface area contributed by atoms with Gasteiger partial charge in [0.15, 0.2) is 0 Å². The Bertz CT molecular complexity index is 1320. The summed E-state index contributed by atoms with van der Waals surface area (Å²) in [6.07, 6.45) is 1.43. The van der Waals surface area contributed by atoms with Crippen molar-refractivity contribution in [3.8, 4) is 0 Å². The normalized spacial score (nSPS) is 15.8. The molecule has 0 spiro atoms. The maximum Gasteiger partial charge on any atom is 0.266 e. The smallest absolute Gasteiger partial charge is 0.266 e. The van der Waals surface area contributed by atoms with Gasteiger partial charge < -0.3 is 14.8 Å². The number of amides is 1. The minimum Gasteiger partial charge on any atom is -0.321 e. The van der Waals surface area contributed by atoms with Crippen LogP contribution in [-0.4, -0.2) is 65.8 Å². The molecule has 1 aliphatic rings. The molecule has 1 amide bonds. The third-order valence-electron chi connectivity index (χ3n) is 5.75. The molecule has 1 fully saturated rings. The number of thiophene rings is 1. The number of rotatable bonds is 5. The molecule has 3 heterocycles. The van der Waals surface area contributed by atoms with Crippen LogP contribution in [0.5, 0.6) is 0 Å². The number of carbonyl (C=O) groups excluding carboxylic acids is 1. The Morgan fingerprint density at radius 1 is 1.16 bits per heavy atom. The molecule has 4 rings (SSSR count). The van der Waals surface area contributed by atoms with Gasteiger partial charge in [0, 0.05) is 38.9 Å². The Hall–Kier alpha value is -2.60. The van der Waals surface area contributed by atoms with Crippen LogP contribution in [0.2, 0.25) is 0 Å². The Kier molecular flexibility index (Phi) is 6.17. The first-order valence-electron chi connectivity index (χ1n) is 10.3. The summed E-state index contributed by atoms with van der Waals surface area (Å²) >= 11 is 1.16. The van der Waals surface area contributed by atoms with Crippen LogP contribution >= 0.6 is 11.3 Å². The number of benzene rings is 1. The van der Waals surface area contributed by atoms with Gasteiger partial charge in [-0.1, -0.05) is 6.92 Å². The molecular weight excluding hydrogens is 450 g/mol. The highest BCUT2D eigenvalue weighted by Gasteiger charge is 2.28. The number of hydrogen-bond donors (Lipinski definition) is 1. The Morgan fingerprint density at radius 2 is 1.81 bits per heavy atom. The van der Waals surface area contributed by atoms with Crippen LogP contribution in [0.25, 0.3) is 10.2 Å². The van der Waals surface area contributed by atoms with E-state index in [4.69, 9.17) is 0 Å². The van der Waals surface area contributed by atoms with Crippen molar-refractivity contribution >= 4 is 43.2 Å². The van der Waals surface area contributed by atoms with E-state index in [1.54, 1.807) is 26.1 Å². The van der Waals surface area contributed by atoms with Crippen molar-refractivity contribution in [3.63, 3.8) is 0 Å². The van der Waals surface area contributed by atoms with Crippen molar-refractivity contribution in [2.45, 2.75) is 18.7 Å². The third kappa shape index (κ3) is 4.08. The van der Waals surface area contributed by atoms with Crippen molar-refractivity contribution in [3.05, 3.63) is 51.4 Å². The number of nitrogens with zero attached hydrogens (tertiary/aromatic N) is 4. The quantitative estimate of drug-likeness (QED) is 0.604. The average Bonchev–Trinajstić information content (AvgIpc) is 3.14. The fraction of sp³-hybridized carbons (Fsp3) is 0.381. The van der Waals surface area contributed by atoms with E-state index in [9.17, 15) is 18.0 Å². The molecule has 3 aromatic rings. The summed E-state index contributed by atoms with van der Waals surface area (Å²) in [6.45, 7) is 7.07. The molecule has 32 heavy (non-hydrogen) atoms. The molecule has 11 heteroatoms. The summed E-state index contributed by atoms with van der Waals surface area (Å²) in [4.78, 5) is 32.8. The fourth-order valence-electron chi connectivity index (χ4n) is 3.76. The minimum atomic E-state index is -3.57. The molecule has 0 atom stereocenters. The molecule has 0 aliphatic carbocycles. The van der Waals surface area contributed by atoms with Gasteiger partial charge in [0.25, 0.3) is 11.5 Å². The lowest BCUT2D eigenvalue weighted by atomic mass is 10.2. The van der Waals surface area contributed by atoms with E-state index in [1.165, 1.54) is 27.3 Å². The summed E-state index contributed by atoms with van der Waals surface area (Å²) < 4.78 is 28.7. The third-order valence-corrected chi connectivity index (χ3v) is 8.86. The molecular formula is C21H25N5O4S2. The molecule has 0 bridgehead atoms. The van der Waals surface area contributed by atoms with Gasteiger partial charge in [-0.05, 0) is 43.3 Å². The molecule has 1 N–H and O–H groups in total. The van der Waals surface area contributed by atoms with E-state index < -0.39 is 10.0 Å². The van der Waals surface area contributed by atoms with E-state index in [1.807, 2.05) is 0 Å². The van der Waals surface area contributed by atoms with E-state index in [0.29, 0.717) is 39.4 Å². The van der Waals surface area contributed by atoms with Gasteiger partial charge in [-0.3, -0.25) is 9.59 Å². The molecule has 9 nitrogen and oxygen atoms in total. The molecule has 1 saturated heterocycles.